The summed E-state index contributed by atoms with van der Waals surface area (Å²) in [5.74, 6) is 0.809. The van der Waals surface area contributed by atoms with Crippen LogP contribution in [0.25, 0.3) is 0 Å². The predicted molar refractivity (Wildman–Crippen MR) is 84.5 cm³/mol. The van der Waals surface area contributed by atoms with Gasteiger partial charge in [0.25, 0.3) is 0 Å². The smallest absolute Gasteiger partial charge is 0.180 e. The predicted octanol–water partition coefficient (Wildman–Crippen LogP) is 3.47. The molecule has 0 radical (unpaired) electrons. The number of nitrogens with zero attached hydrogens (tertiary/aromatic N) is 1. The molecule has 1 saturated heterocycles. The first-order valence-corrected chi connectivity index (χ1v) is 9.43. The fourth-order valence-electron chi connectivity index (χ4n) is 2.88. The summed E-state index contributed by atoms with van der Waals surface area (Å²) in [5.41, 5.74) is 0.867. The molecule has 1 aliphatic heterocycles. The van der Waals surface area contributed by atoms with Crippen molar-refractivity contribution in [2.45, 2.75) is 43.5 Å². The van der Waals surface area contributed by atoms with E-state index in [1.807, 2.05) is 12.1 Å². The van der Waals surface area contributed by atoms with Crippen LogP contribution in [0.5, 0.6) is 0 Å². The lowest BCUT2D eigenvalue weighted by Crippen LogP contribution is -2.30. The molecule has 1 unspecified atom stereocenters. The van der Waals surface area contributed by atoms with Crippen molar-refractivity contribution in [3.8, 4) is 0 Å². The third-order valence-electron chi connectivity index (χ3n) is 3.94. The van der Waals surface area contributed by atoms with E-state index in [1.54, 1.807) is 19.1 Å². The van der Waals surface area contributed by atoms with Crippen LogP contribution in [-0.2, 0) is 9.84 Å². The number of halogens is 1. The van der Waals surface area contributed by atoms with E-state index in [-0.39, 0.29) is 5.75 Å². The van der Waals surface area contributed by atoms with E-state index in [0.717, 1.165) is 37.9 Å². The highest BCUT2D eigenvalue weighted by molar-refractivity contribution is 7.91. The Morgan fingerprint density at radius 3 is 2.80 bits per heavy atom. The zero-order valence-electron chi connectivity index (χ0n) is 11.9. The maximum Gasteiger partial charge on any atom is 0.180 e. The lowest BCUT2D eigenvalue weighted by molar-refractivity contribution is 0.589. The molecule has 112 valence electrons. The van der Waals surface area contributed by atoms with Gasteiger partial charge in [-0.2, -0.15) is 0 Å². The lowest BCUT2D eigenvalue weighted by atomic mass is 10.1. The number of alkyl halides is 1. The van der Waals surface area contributed by atoms with Gasteiger partial charge in [-0.25, -0.2) is 8.42 Å². The lowest BCUT2D eigenvalue weighted by Gasteiger charge is -2.28. The molecule has 3 nitrogen and oxygen atoms in total. The van der Waals surface area contributed by atoms with Gasteiger partial charge in [-0.1, -0.05) is 19.1 Å². The van der Waals surface area contributed by atoms with Crippen molar-refractivity contribution in [3.63, 3.8) is 0 Å². The van der Waals surface area contributed by atoms with Crippen LogP contribution in [0, 0.1) is 0 Å². The Bertz CT molecular complexity index is 545. The van der Waals surface area contributed by atoms with Crippen LogP contribution >= 0.6 is 11.6 Å². The fraction of sp³-hybridized carbons (Fsp3) is 0.600. The normalized spacial score (nSPS) is 19.5. The Labute approximate surface area is 126 Å². The number of hydrogen-bond acceptors (Lipinski definition) is 3. The third-order valence-corrected chi connectivity index (χ3v) is 5.98. The first-order chi connectivity index (χ1) is 9.60. The molecule has 2 rings (SSSR count). The van der Waals surface area contributed by atoms with Gasteiger partial charge in [0.05, 0.1) is 16.3 Å². The molecule has 0 bridgehead atoms. The minimum atomic E-state index is -3.18. The molecule has 5 heteroatoms. The molecule has 1 aliphatic rings. The molecule has 1 fully saturated rings. The van der Waals surface area contributed by atoms with E-state index in [0.29, 0.717) is 16.8 Å². The average Bonchev–Trinajstić information content (AvgIpc) is 2.93. The number of para-hydroxylation sites is 1. The summed E-state index contributed by atoms with van der Waals surface area (Å²) in [4.78, 5) is 2.73. The Morgan fingerprint density at radius 1 is 1.35 bits per heavy atom. The molecule has 0 amide bonds. The fourth-order valence-corrected chi connectivity index (χ4v) is 4.13. The molecule has 20 heavy (non-hydrogen) atoms. The van der Waals surface area contributed by atoms with Crippen LogP contribution in [0.15, 0.2) is 29.2 Å². The summed E-state index contributed by atoms with van der Waals surface area (Å²) >= 11 is 5.79. The van der Waals surface area contributed by atoms with Crippen molar-refractivity contribution in [3.05, 3.63) is 24.3 Å². The number of benzene rings is 1. The zero-order valence-corrected chi connectivity index (χ0v) is 13.5. The average molecular weight is 316 g/mol. The SMILES string of the molecule is CCS(=O)(=O)c1ccccc1N1CCCC1CCCCl. The van der Waals surface area contributed by atoms with Crippen LogP contribution in [0.3, 0.4) is 0 Å². The Balaban J connectivity index is 2.33. The van der Waals surface area contributed by atoms with Gasteiger partial charge in [0, 0.05) is 18.5 Å². The first kappa shape index (κ1) is 15.6. The number of anilines is 1. The largest absolute Gasteiger partial charge is 0.367 e. The number of rotatable bonds is 6. The monoisotopic (exact) mass is 315 g/mol. The quantitative estimate of drug-likeness (QED) is 0.754. The van der Waals surface area contributed by atoms with E-state index in [1.165, 1.54) is 0 Å². The highest BCUT2D eigenvalue weighted by atomic mass is 35.5. The third kappa shape index (κ3) is 3.29. The molecule has 1 aromatic rings. The molecular weight excluding hydrogens is 294 g/mol. The Hall–Kier alpha value is -0.740. The van der Waals surface area contributed by atoms with E-state index < -0.39 is 9.84 Å². The minimum absolute atomic E-state index is 0.143. The van der Waals surface area contributed by atoms with Gasteiger partial charge in [-0.3, -0.25) is 0 Å². The van der Waals surface area contributed by atoms with E-state index >= 15 is 0 Å². The summed E-state index contributed by atoms with van der Waals surface area (Å²) < 4.78 is 24.5. The van der Waals surface area contributed by atoms with Crippen molar-refractivity contribution in [1.29, 1.82) is 0 Å². The molecule has 1 heterocycles. The first-order valence-electron chi connectivity index (χ1n) is 7.24. The van der Waals surface area contributed by atoms with Gasteiger partial charge < -0.3 is 4.90 Å². The van der Waals surface area contributed by atoms with Gasteiger partial charge >= 0.3 is 0 Å². The topological polar surface area (TPSA) is 37.4 Å². The van der Waals surface area contributed by atoms with Gasteiger partial charge in [-0.05, 0) is 37.8 Å². The highest BCUT2D eigenvalue weighted by Crippen LogP contribution is 2.33. The second-order valence-electron chi connectivity index (χ2n) is 5.19. The summed E-state index contributed by atoms with van der Waals surface area (Å²) in [5, 5.41) is 0. The molecule has 1 atom stereocenters. The molecule has 0 aromatic heterocycles. The molecule has 0 N–H and O–H groups in total. The number of sulfone groups is 1. The Kier molecular flexibility index (Phi) is 5.33. The second kappa shape index (κ2) is 6.81. The molecule has 1 aromatic carbocycles. The van der Waals surface area contributed by atoms with Crippen LogP contribution in [0.1, 0.15) is 32.6 Å². The van der Waals surface area contributed by atoms with E-state index in [2.05, 4.69) is 4.90 Å². The van der Waals surface area contributed by atoms with Gasteiger partial charge in [0.1, 0.15) is 0 Å². The van der Waals surface area contributed by atoms with Gasteiger partial charge in [-0.15, -0.1) is 11.6 Å². The summed E-state index contributed by atoms with van der Waals surface area (Å²) in [6, 6.07) is 7.80. The standard InChI is InChI=1S/C15H22ClNO2S/c1-2-20(18,19)15-10-4-3-9-14(15)17-12-6-8-13(17)7-5-11-16/h3-4,9-10,13H,2,5-8,11-12H2,1H3. The minimum Gasteiger partial charge on any atom is -0.367 e. The summed E-state index contributed by atoms with van der Waals surface area (Å²) in [7, 11) is -3.18. The molecular formula is C15H22ClNO2S. The van der Waals surface area contributed by atoms with Crippen LogP contribution in [0.2, 0.25) is 0 Å². The van der Waals surface area contributed by atoms with Gasteiger partial charge in [0.15, 0.2) is 9.84 Å². The van der Waals surface area contributed by atoms with Crippen LogP contribution in [0.4, 0.5) is 5.69 Å². The molecule has 0 spiro atoms. The zero-order chi connectivity index (χ0) is 14.6. The number of hydrogen-bond donors (Lipinski definition) is 0. The van der Waals surface area contributed by atoms with Crippen molar-refractivity contribution < 1.29 is 8.42 Å². The maximum absolute atomic E-state index is 12.3. The summed E-state index contributed by atoms with van der Waals surface area (Å²) in [6.07, 6.45) is 4.25. The highest BCUT2D eigenvalue weighted by Gasteiger charge is 2.28. The van der Waals surface area contributed by atoms with E-state index in [9.17, 15) is 8.42 Å². The van der Waals surface area contributed by atoms with Crippen molar-refractivity contribution in [1.82, 2.24) is 0 Å². The van der Waals surface area contributed by atoms with E-state index in [4.69, 9.17) is 11.6 Å². The molecule has 0 saturated carbocycles. The van der Waals surface area contributed by atoms with Crippen LogP contribution in [-0.4, -0.2) is 32.6 Å². The molecule has 0 aliphatic carbocycles. The maximum atomic E-state index is 12.3. The summed E-state index contributed by atoms with van der Waals surface area (Å²) in [6.45, 7) is 2.63. The second-order valence-corrected chi connectivity index (χ2v) is 7.82. The van der Waals surface area contributed by atoms with Crippen molar-refractivity contribution in [2.75, 3.05) is 23.1 Å². The Morgan fingerprint density at radius 2 is 2.10 bits per heavy atom. The van der Waals surface area contributed by atoms with Crippen molar-refractivity contribution >= 4 is 27.1 Å². The van der Waals surface area contributed by atoms with Gasteiger partial charge in [0.2, 0.25) is 0 Å². The van der Waals surface area contributed by atoms with Crippen molar-refractivity contribution in [2.24, 2.45) is 0 Å². The van der Waals surface area contributed by atoms with Crippen LogP contribution < -0.4 is 4.90 Å².